The maximum atomic E-state index is 14.0. The molecule has 10 heteroatoms. The molecule has 2 unspecified atom stereocenters. The highest BCUT2D eigenvalue weighted by molar-refractivity contribution is 6.33. The maximum absolute atomic E-state index is 14.0. The summed E-state index contributed by atoms with van der Waals surface area (Å²) in [5.41, 5.74) is 4.73. The van der Waals surface area contributed by atoms with Gasteiger partial charge in [-0.3, -0.25) is 9.69 Å². The van der Waals surface area contributed by atoms with E-state index in [0.29, 0.717) is 27.9 Å². The highest BCUT2D eigenvalue weighted by atomic mass is 35.5. The van der Waals surface area contributed by atoms with E-state index >= 15 is 0 Å². The monoisotopic (exact) mass is 618 g/mol. The quantitative estimate of drug-likeness (QED) is 0.156. The van der Waals surface area contributed by atoms with Gasteiger partial charge in [0.15, 0.2) is 0 Å². The van der Waals surface area contributed by atoms with Gasteiger partial charge in [-0.15, -0.1) is 0 Å². The zero-order valence-corrected chi connectivity index (χ0v) is 26.3. The zero-order chi connectivity index (χ0) is 32.0. The molecule has 1 aromatic heterocycles. The standard InChI is InChI=1S/C32H33ClN4O5.C2H6/c1-18-9-14-25(26(33)15-18)27-20(3)34-30(35-27)29(19(2)21-7-5-4-6-8-21)37-31(40)28(36-32(37)41)22-10-12-23(13-11-22)42-24(16-38)17-39;1-2/h4-15,19,24,28-29,38-39H,16-17H2,1-3H3,(H,34,35)(H,36,41);1-2H3/t19?,28-,29?;/m1./s1. The fraction of sp³-hybridized carbons (Fsp3) is 0.324. The van der Waals surface area contributed by atoms with Gasteiger partial charge in [0.1, 0.15) is 29.8 Å². The predicted molar refractivity (Wildman–Crippen MR) is 171 cm³/mol. The first-order valence-electron chi connectivity index (χ1n) is 14.7. The van der Waals surface area contributed by atoms with Crippen LogP contribution in [-0.4, -0.2) is 56.3 Å². The lowest BCUT2D eigenvalue weighted by molar-refractivity contribution is -0.129. The van der Waals surface area contributed by atoms with Gasteiger partial charge in [0.25, 0.3) is 5.91 Å². The van der Waals surface area contributed by atoms with Crippen molar-refractivity contribution in [2.45, 2.75) is 58.7 Å². The summed E-state index contributed by atoms with van der Waals surface area (Å²) in [6, 6.07) is 19.9. The molecule has 4 aromatic rings. The summed E-state index contributed by atoms with van der Waals surface area (Å²) in [5.74, 6) is 0.192. The Morgan fingerprint density at radius 1 is 0.977 bits per heavy atom. The number of aryl methyl sites for hydroxylation is 2. The number of carbonyl (C=O) groups excluding carboxylic acids is 2. The molecular weight excluding hydrogens is 580 g/mol. The first-order valence-corrected chi connectivity index (χ1v) is 15.1. The van der Waals surface area contributed by atoms with Crippen molar-refractivity contribution in [2.24, 2.45) is 0 Å². The van der Waals surface area contributed by atoms with Crippen molar-refractivity contribution in [1.82, 2.24) is 20.2 Å². The Morgan fingerprint density at radius 3 is 2.25 bits per heavy atom. The summed E-state index contributed by atoms with van der Waals surface area (Å²) < 4.78 is 5.54. The molecular formula is C34H39ClN4O5. The Hall–Kier alpha value is -4.18. The topological polar surface area (TPSA) is 128 Å². The number of aromatic nitrogens is 2. The Labute approximate surface area is 262 Å². The Bertz CT molecular complexity index is 1570. The van der Waals surface area contributed by atoms with Crippen molar-refractivity contribution in [1.29, 1.82) is 0 Å². The van der Waals surface area contributed by atoms with Crippen LogP contribution in [0.5, 0.6) is 5.75 Å². The number of nitrogens with one attached hydrogen (secondary N) is 2. The van der Waals surface area contributed by atoms with Gasteiger partial charge in [-0.05, 0) is 48.7 Å². The van der Waals surface area contributed by atoms with Crippen LogP contribution in [-0.2, 0) is 4.79 Å². The smallest absolute Gasteiger partial charge is 0.325 e. The summed E-state index contributed by atoms with van der Waals surface area (Å²) in [5, 5.41) is 22.0. The van der Waals surface area contributed by atoms with Crippen LogP contribution in [0.1, 0.15) is 67.0 Å². The average molecular weight is 619 g/mol. The number of rotatable bonds is 10. The van der Waals surface area contributed by atoms with Crippen LogP contribution < -0.4 is 10.1 Å². The molecule has 1 saturated heterocycles. The number of nitrogens with zero attached hydrogens (tertiary/aromatic N) is 2. The second kappa shape index (κ2) is 14.5. The Morgan fingerprint density at radius 2 is 1.64 bits per heavy atom. The average Bonchev–Trinajstić information content (AvgIpc) is 3.56. The number of hydrogen-bond acceptors (Lipinski definition) is 6. The lowest BCUT2D eigenvalue weighted by Gasteiger charge is -2.29. The summed E-state index contributed by atoms with van der Waals surface area (Å²) in [7, 11) is 0. The van der Waals surface area contributed by atoms with Crippen molar-refractivity contribution < 1.29 is 24.5 Å². The molecule has 3 aromatic carbocycles. The first-order chi connectivity index (χ1) is 21.2. The van der Waals surface area contributed by atoms with Crippen LogP contribution in [0.25, 0.3) is 11.3 Å². The predicted octanol–water partition coefficient (Wildman–Crippen LogP) is 6.24. The number of amides is 3. The maximum Gasteiger partial charge on any atom is 0.325 e. The number of ether oxygens (including phenoxy) is 1. The number of hydrogen-bond donors (Lipinski definition) is 4. The number of imidazole rings is 1. The number of imide groups is 1. The lowest BCUT2D eigenvalue weighted by atomic mass is 9.91. The Balaban J connectivity index is 0.00000216. The highest BCUT2D eigenvalue weighted by Gasteiger charge is 2.46. The van der Waals surface area contributed by atoms with Crippen LogP contribution in [0.3, 0.4) is 0 Å². The first kappa shape index (κ1) is 32.7. The molecule has 2 heterocycles. The molecule has 0 radical (unpaired) electrons. The highest BCUT2D eigenvalue weighted by Crippen LogP contribution is 2.40. The number of benzene rings is 3. The normalized spacial score (nSPS) is 15.9. The van der Waals surface area contributed by atoms with Crippen molar-refractivity contribution in [2.75, 3.05) is 13.2 Å². The van der Waals surface area contributed by atoms with Crippen molar-refractivity contribution in [3.63, 3.8) is 0 Å². The number of aliphatic hydroxyl groups excluding tert-OH is 2. The van der Waals surface area contributed by atoms with Gasteiger partial charge < -0.3 is 25.3 Å². The number of urea groups is 1. The van der Waals surface area contributed by atoms with Crippen LogP contribution in [0, 0.1) is 13.8 Å². The number of aromatic amines is 1. The number of halogens is 1. The van der Waals surface area contributed by atoms with E-state index in [1.54, 1.807) is 24.3 Å². The molecule has 0 bridgehead atoms. The second-order valence-corrected chi connectivity index (χ2v) is 10.9. The van der Waals surface area contributed by atoms with E-state index in [0.717, 1.165) is 22.4 Å². The van der Waals surface area contributed by atoms with E-state index in [1.165, 1.54) is 4.90 Å². The zero-order valence-electron chi connectivity index (χ0n) is 25.5. The fourth-order valence-corrected chi connectivity index (χ4v) is 5.59. The van der Waals surface area contributed by atoms with Crippen LogP contribution >= 0.6 is 11.6 Å². The van der Waals surface area contributed by atoms with Gasteiger partial charge in [0.2, 0.25) is 0 Å². The minimum absolute atomic E-state index is 0.295. The third-order valence-electron chi connectivity index (χ3n) is 7.53. The largest absolute Gasteiger partial charge is 0.486 e. The molecule has 0 spiro atoms. The SMILES string of the molecule is CC.Cc1ccc(-c2nc(C(C(C)c3ccccc3)N3C(=O)N[C@H](c4ccc(OC(CO)CO)cc4)C3=O)[nH]c2C)c(Cl)c1. The third-order valence-corrected chi connectivity index (χ3v) is 7.85. The molecule has 1 aliphatic rings. The van der Waals surface area contributed by atoms with E-state index < -0.39 is 30.1 Å². The summed E-state index contributed by atoms with van der Waals surface area (Å²) in [4.78, 5) is 37.0. The molecule has 44 heavy (non-hydrogen) atoms. The van der Waals surface area contributed by atoms with Crippen molar-refractivity contribution in [3.8, 4) is 17.0 Å². The summed E-state index contributed by atoms with van der Waals surface area (Å²) in [6.07, 6.45) is -0.754. The summed E-state index contributed by atoms with van der Waals surface area (Å²) >= 11 is 6.58. The molecule has 9 nitrogen and oxygen atoms in total. The molecule has 4 N–H and O–H groups in total. The van der Waals surface area contributed by atoms with Gasteiger partial charge in [0.05, 0.1) is 23.9 Å². The van der Waals surface area contributed by atoms with Crippen LogP contribution in [0.4, 0.5) is 4.79 Å². The van der Waals surface area contributed by atoms with Crippen molar-refractivity contribution >= 4 is 23.5 Å². The number of carbonyl (C=O) groups is 2. The van der Waals surface area contributed by atoms with E-state index in [2.05, 4.69) is 10.3 Å². The second-order valence-electron chi connectivity index (χ2n) is 10.5. The third kappa shape index (κ3) is 6.80. The molecule has 5 rings (SSSR count). The number of H-pyrrole nitrogens is 1. The van der Waals surface area contributed by atoms with Gasteiger partial charge in [-0.25, -0.2) is 9.78 Å². The van der Waals surface area contributed by atoms with E-state index in [-0.39, 0.29) is 19.1 Å². The van der Waals surface area contributed by atoms with Crippen molar-refractivity contribution in [3.05, 3.63) is 106 Å². The fourth-order valence-electron chi connectivity index (χ4n) is 5.27. The minimum Gasteiger partial charge on any atom is -0.486 e. The van der Waals surface area contributed by atoms with E-state index in [4.69, 9.17) is 21.3 Å². The van der Waals surface area contributed by atoms with Gasteiger partial charge in [0, 0.05) is 17.2 Å². The van der Waals surface area contributed by atoms with Gasteiger partial charge >= 0.3 is 6.03 Å². The molecule has 1 fully saturated rings. The number of aliphatic hydroxyl groups is 2. The molecule has 232 valence electrons. The Kier molecular flexibility index (Phi) is 10.8. The van der Waals surface area contributed by atoms with Gasteiger partial charge in [-0.2, -0.15) is 0 Å². The van der Waals surface area contributed by atoms with Gasteiger partial charge in [-0.1, -0.05) is 87.0 Å². The molecule has 3 amide bonds. The van der Waals surface area contributed by atoms with E-state index in [1.807, 2.05) is 83.1 Å². The lowest BCUT2D eigenvalue weighted by Crippen LogP contribution is -2.38. The van der Waals surface area contributed by atoms with Crippen LogP contribution in [0.15, 0.2) is 72.8 Å². The molecule has 0 saturated carbocycles. The molecule has 3 atom stereocenters. The molecule has 0 aliphatic carbocycles. The van der Waals surface area contributed by atoms with E-state index in [9.17, 15) is 19.8 Å². The molecule has 1 aliphatic heterocycles. The summed E-state index contributed by atoms with van der Waals surface area (Å²) in [6.45, 7) is 9.15. The minimum atomic E-state index is -0.912. The van der Waals surface area contributed by atoms with Crippen LogP contribution in [0.2, 0.25) is 5.02 Å².